The van der Waals surface area contributed by atoms with Crippen LogP contribution in [0.4, 0.5) is 0 Å². The Kier molecular flexibility index (Phi) is 6.80. The Morgan fingerprint density at radius 2 is 1.96 bits per heavy atom. The molecule has 2 aromatic rings. The molecule has 1 aliphatic heterocycles. The Bertz CT molecular complexity index is 714. The summed E-state index contributed by atoms with van der Waals surface area (Å²) >= 11 is 7.23. The number of H-pyrrole nitrogens is 1. The molecule has 2 heterocycles. The number of nitrogens with one attached hydrogen (secondary N) is 1. The van der Waals surface area contributed by atoms with Crippen LogP contribution in [0.1, 0.15) is 38.4 Å². The summed E-state index contributed by atoms with van der Waals surface area (Å²) in [6, 6.07) is 7.15. The highest BCUT2D eigenvalue weighted by Crippen LogP contribution is 2.23. The van der Waals surface area contributed by atoms with Gasteiger partial charge in [-0.05, 0) is 44.0 Å². The number of nitrogens with zero attached hydrogens (tertiary/aromatic N) is 3. The summed E-state index contributed by atoms with van der Waals surface area (Å²) in [6.07, 6.45) is 4.61. The molecule has 26 heavy (non-hydrogen) atoms. The smallest absolute Gasteiger partial charge is 0.235 e. The normalized spacial score (nSPS) is 16.2. The predicted octanol–water partition coefficient (Wildman–Crippen LogP) is 3.92. The van der Waals surface area contributed by atoms with E-state index in [0.29, 0.717) is 21.8 Å². The molecular weight excluding hydrogens is 372 g/mol. The number of thioether (sulfide) groups is 1. The van der Waals surface area contributed by atoms with Crippen LogP contribution in [0.25, 0.3) is 0 Å². The number of aromatic amines is 1. The van der Waals surface area contributed by atoms with Crippen molar-refractivity contribution in [2.24, 2.45) is 0 Å². The second-order valence-electron chi connectivity index (χ2n) is 6.31. The van der Waals surface area contributed by atoms with Gasteiger partial charge in [0.2, 0.25) is 11.1 Å². The maximum absolute atomic E-state index is 12.6. The van der Waals surface area contributed by atoms with E-state index in [2.05, 4.69) is 15.2 Å². The van der Waals surface area contributed by atoms with Gasteiger partial charge >= 0.3 is 0 Å². The zero-order valence-electron chi connectivity index (χ0n) is 14.8. The van der Waals surface area contributed by atoms with Gasteiger partial charge in [0.1, 0.15) is 12.4 Å². The van der Waals surface area contributed by atoms with Crippen LogP contribution in [0.5, 0.6) is 5.75 Å². The summed E-state index contributed by atoms with van der Waals surface area (Å²) in [6.45, 7) is 3.91. The molecular formula is C18H23ClN4O2S. The summed E-state index contributed by atoms with van der Waals surface area (Å²) in [5, 5.41) is 8.08. The number of rotatable bonds is 6. The Balaban J connectivity index is 1.50. The van der Waals surface area contributed by atoms with Crippen LogP contribution < -0.4 is 4.74 Å². The number of ether oxygens (including phenoxy) is 1. The van der Waals surface area contributed by atoms with Crippen LogP contribution in [0.3, 0.4) is 0 Å². The summed E-state index contributed by atoms with van der Waals surface area (Å²) in [5.41, 5.74) is 0. The van der Waals surface area contributed by atoms with E-state index in [9.17, 15) is 4.79 Å². The molecule has 1 aliphatic rings. The molecule has 0 saturated carbocycles. The van der Waals surface area contributed by atoms with Gasteiger partial charge in [0, 0.05) is 18.1 Å². The number of amides is 1. The fourth-order valence-corrected chi connectivity index (χ4v) is 3.79. The molecule has 0 bridgehead atoms. The first kappa shape index (κ1) is 19.0. The number of benzene rings is 1. The fourth-order valence-electron chi connectivity index (χ4n) is 2.83. The van der Waals surface area contributed by atoms with Crippen LogP contribution in [-0.4, -0.2) is 44.3 Å². The molecule has 1 aromatic carbocycles. The minimum absolute atomic E-state index is 0.167. The van der Waals surface area contributed by atoms with Gasteiger partial charge < -0.3 is 9.64 Å². The van der Waals surface area contributed by atoms with Crippen molar-refractivity contribution < 1.29 is 9.53 Å². The molecule has 0 unspecified atom stereocenters. The lowest BCUT2D eigenvalue weighted by Gasteiger charge is -2.23. The van der Waals surface area contributed by atoms with Crippen molar-refractivity contribution in [3.8, 4) is 5.75 Å². The Morgan fingerprint density at radius 1 is 1.27 bits per heavy atom. The molecule has 1 saturated heterocycles. The van der Waals surface area contributed by atoms with Crippen molar-refractivity contribution in [1.29, 1.82) is 0 Å². The number of hydrogen-bond donors (Lipinski definition) is 1. The van der Waals surface area contributed by atoms with Crippen molar-refractivity contribution in [3.05, 3.63) is 35.1 Å². The zero-order valence-corrected chi connectivity index (χ0v) is 16.4. The summed E-state index contributed by atoms with van der Waals surface area (Å²) in [7, 11) is 0. The third-order valence-electron chi connectivity index (χ3n) is 4.25. The quantitative estimate of drug-likeness (QED) is 0.752. The van der Waals surface area contributed by atoms with Crippen LogP contribution in [-0.2, 0) is 11.4 Å². The second kappa shape index (κ2) is 9.28. The van der Waals surface area contributed by atoms with E-state index in [1.165, 1.54) is 24.6 Å². The van der Waals surface area contributed by atoms with Crippen molar-refractivity contribution in [3.63, 3.8) is 0 Å². The monoisotopic (exact) mass is 394 g/mol. The summed E-state index contributed by atoms with van der Waals surface area (Å²) < 4.78 is 5.65. The number of halogens is 1. The molecule has 0 spiro atoms. The van der Waals surface area contributed by atoms with Crippen LogP contribution in [0.15, 0.2) is 29.4 Å². The standard InChI is InChI=1S/C18H23ClN4O2S/c1-13(17(24)23-10-4-2-3-5-11-23)26-18-20-16(21-22-18)12-25-15-8-6-14(19)7-9-15/h6-9,13H,2-5,10-12H2,1H3,(H,20,21,22)/t13-/m1/s1. The minimum Gasteiger partial charge on any atom is -0.486 e. The predicted molar refractivity (Wildman–Crippen MR) is 103 cm³/mol. The number of hydrogen-bond acceptors (Lipinski definition) is 5. The minimum atomic E-state index is -0.200. The molecule has 6 nitrogen and oxygen atoms in total. The fraction of sp³-hybridized carbons (Fsp3) is 0.500. The topological polar surface area (TPSA) is 71.1 Å². The van der Waals surface area contributed by atoms with Gasteiger partial charge in [0.25, 0.3) is 0 Å². The molecule has 1 N–H and O–H groups in total. The SMILES string of the molecule is C[C@@H](Sc1n[nH]c(COc2ccc(Cl)cc2)n1)C(=O)N1CCCCCC1. The molecule has 0 radical (unpaired) electrons. The molecule has 140 valence electrons. The lowest BCUT2D eigenvalue weighted by molar-refractivity contribution is -0.130. The van der Waals surface area contributed by atoms with Gasteiger partial charge in [-0.25, -0.2) is 4.98 Å². The van der Waals surface area contributed by atoms with Crippen molar-refractivity contribution in [2.75, 3.05) is 13.1 Å². The van der Waals surface area contributed by atoms with Crippen LogP contribution >= 0.6 is 23.4 Å². The van der Waals surface area contributed by atoms with E-state index in [0.717, 1.165) is 25.9 Å². The van der Waals surface area contributed by atoms with Crippen LogP contribution in [0.2, 0.25) is 5.02 Å². The van der Waals surface area contributed by atoms with E-state index >= 15 is 0 Å². The maximum Gasteiger partial charge on any atom is 0.235 e. The van der Waals surface area contributed by atoms with Crippen LogP contribution in [0, 0.1) is 0 Å². The van der Waals surface area contributed by atoms with Crippen molar-refractivity contribution in [1.82, 2.24) is 20.1 Å². The average Bonchev–Trinajstić information content (AvgIpc) is 2.91. The third kappa shape index (κ3) is 5.38. The maximum atomic E-state index is 12.6. The number of likely N-dealkylation sites (tertiary alicyclic amines) is 1. The molecule has 1 atom stereocenters. The lowest BCUT2D eigenvalue weighted by Crippen LogP contribution is -2.37. The first-order valence-corrected chi connectivity index (χ1v) is 10.1. The van der Waals surface area contributed by atoms with E-state index < -0.39 is 0 Å². The highest BCUT2D eigenvalue weighted by Gasteiger charge is 2.23. The zero-order chi connectivity index (χ0) is 18.4. The largest absolute Gasteiger partial charge is 0.486 e. The summed E-state index contributed by atoms with van der Waals surface area (Å²) in [5.74, 6) is 1.50. The van der Waals surface area contributed by atoms with Gasteiger partial charge in [-0.15, -0.1) is 5.10 Å². The van der Waals surface area contributed by atoms with Gasteiger partial charge in [0.15, 0.2) is 5.82 Å². The van der Waals surface area contributed by atoms with Crippen molar-refractivity contribution >= 4 is 29.3 Å². The highest BCUT2D eigenvalue weighted by molar-refractivity contribution is 8.00. The van der Waals surface area contributed by atoms with Crippen molar-refractivity contribution in [2.45, 2.75) is 49.6 Å². The Hall–Kier alpha value is -1.73. The summed E-state index contributed by atoms with van der Waals surface area (Å²) in [4.78, 5) is 19.0. The first-order chi connectivity index (χ1) is 12.6. The molecule has 3 rings (SSSR count). The van der Waals surface area contributed by atoms with Gasteiger partial charge in [-0.3, -0.25) is 9.89 Å². The Labute approximate surface area is 162 Å². The average molecular weight is 395 g/mol. The first-order valence-electron chi connectivity index (χ1n) is 8.87. The molecule has 0 aliphatic carbocycles. The number of aromatic nitrogens is 3. The number of carbonyl (C=O) groups excluding carboxylic acids is 1. The molecule has 8 heteroatoms. The van der Waals surface area contributed by atoms with E-state index in [4.69, 9.17) is 16.3 Å². The third-order valence-corrected chi connectivity index (χ3v) is 5.45. The highest BCUT2D eigenvalue weighted by atomic mass is 35.5. The van der Waals surface area contributed by atoms with E-state index in [1.54, 1.807) is 24.3 Å². The van der Waals surface area contributed by atoms with E-state index in [-0.39, 0.29) is 17.8 Å². The molecule has 1 aromatic heterocycles. The molecule has 1 fully saturated rings. The van der Waals surface area contributed by atoms with Gasteiger partial charge in [-0.1, -0.05) is 36.2 Å². The Morgan fingerprint density at radius 3 is 2.65 bits per heavy atom. The van der Waals surface area contributed by atoms with Gasteiger partial charge in [0.05, 0.1) is 5.25 Å². The second-order valence-corrected chi connectivity index (χ2v) is 8.05. The molecule has 1 amide bonds. The van der Waals surface area contributed by atoms with Gasteiger partial charge in [-0.2, -0.15) is 0 Å². The number of carbonyl (C=O) groups is 1. The lowest BCUT2D eigenvalue weighted by atomic mass is 10.2. The van der Waals surface area contributed by atoms with E-state index in [1.807, 2.05) is 11.8 Å².